The van der Waals surface area contributed by atoms with E-state index >= 15 is 0 Å². The van der Waals surface area contributed by atoms with Crippen molar-refractivity contribution in [3.8, 4) is 0 Å². The quantitative estimate of drug-likeness (QED) is 0.198. The van der Waals surface area contributed by atoms with Crippen LogP contribution in [-0.4, -0.2) is 38.1 Å². The van der Waals surface area contributed by atoms with Gasteiger partial charge in [0.2, 0.25) is 0 Å². The fourth-order valence-electron chi connectivity index (χ4n) is 0.968. The minimum atomic E-state index is 0. The molecular weight excluding hydrogens is 279 g/mol. The number of rotatable bonds is 6. The van der Waals surface area contributed by atoms with Crippen LogP contribution in [-0.2, 0) is 4.79 Å². The molecule has 4 heteroatoms. The van der Waals surface area contributed by atoms with Crippen molar-refractivity contribution >= 4 is 6.29 Å². The Morgan fingerprint density at radius 3 is 2.23 bits per heavy atom. The third-order valence-electron chi connectivity index (χ3n) is 2.07. The predicted octanol–water partition coefficient (Wildman–Crippen LogP) is -2.26. The van der Waals surface area contributed by atoms with Gasteiger partial charge in [0.1, 0.15) is 12.5 Å². The zero-order valence-electron chi connectivity index (χ0n) is 8.79. The Bertz CT molecular complexity index is 134. The van der Waals surface area contributed by atoms with Crippen LogP contribution >= 0.6 is 0 Å². The molecule has 0 spiro atoms. The standard InChI is InChI=1S/C9H21N2O.HI/c1-11(2,3)9(10)7-5-4-6-8-12;/h8-9H,4-7,10H2,1-3H3;1H/q+1;/p-1. The number of halogens is 1. The van der Waals surface area contributed by atoms with Gasteiger partial charge in [-0.25, -0.2) is 0 Å². The predicted molar refractivity (Wildman–Crippen MR) is 50.5 cm³/mol. The average Bonchev–Trinajstić information content (AvgIpc) is 1.96. The van der Waals surface area contributed by atoms with Crippen molar-refractivity contribution in [2.45, 2.75) is 31.8 Å². The molecule has 0 aliphatic rings. The molecule has 0 fully saturated rings. The number of nitrogens with zero attached hydrogens (tertiary/aromatic N) is 1. The van der Waals surface area contributed by atoms with Gasteiger partial charge in [0.05, 0.1) is 21.1 Å². The van der Waals surface area contributed by atoms with Gasteiger partial charge in [-0.3, -0.25) is 5.73 Å². The summed E-state index contributed by atoms with van der Waals surface area (Å²) in [7, 11) is 6.26. The number of unbranched alkanes of at least 4 members (excludes halogenated alkanes) is 2. The highest BCUT2D eigenvalue weighted by Gasteiger charge is 2.17. The third-order valence-corrected chi connectivity index (χ3v) is 2.07. The highest BCUT2D eigenvalue weighted by atomic mass is 127. The summed E-state index contributed by atoms with van der Waals surface area (Å²) in [5, 5.41) is 0. The largest absolute Gasteiger partial charge is 1.00 e. The van der Waals surface area contributed by atoms with E-state index in [1.165, 1.54) is 0 Å². The number of hydrogen-bond acceptors (Lipinski definition) is 2. The third kappa shape index (κ3) is 8.64. The van der Waals surface area contributed by atoms with Crippen molar-refractivity contribution < 1.29 is 33.3 Å². The summed E-state index contributed by atoms with van der Waals surface area (Å²) in [5.74, 6) is 0. The summed E-state index contributed by atoms with van der Waals surface area (Å²) in [6.07, 6.45) is 4.85. The summed E-state index contributed by atoms with van der Waals surface area (Å²) in [4.78, 5) is 10.0. The van der Waals surface area contributed by atoms with Gasteiger partial charge in [-0.05, 0) is 12.8 Å². The molecule has 0 rings (SSSR count). The first-order chi connectivity index (χ1) is 5.48. The Morgan fingerprint density at radius 1 is 1.31 bits per heavy atom. The molecule has 0 heterocycles. The van der Waals surface area contributed by atoms with Gasteiger partial charge in [-0.15, -0.1) is 0 Å². The van der Waals surface area contributed by atoms with Crippen LogP contribution < -0.4 is 29.7 Å². The first-order valence-electron chi connectivity index (χ1n) is 4.49. The van der Waals surface area contributed by atoms with Gasteiger partial charge in [-0.1, -0.05) is 0 Å². The molecule has 0 saturated heterocycles. The fraction of sp³-hybridized carbons (Fsp3) is 0.889. The lowest BCUT2D eigenvalue weighted by Gasteiger charge is -2.31. The van der Waals surface area contributed by atoms with Crippen molar-refractivity contribution in [1.29, 1.82) is 0 Å². The molecule has 0 radical (unpaired) electrons. The number of nitrogens with two attached hydrogens (primary N) is 1. The van der Waals surface area contributed by atoms with E-state index in [4.69, 9.17) is 5.73 Å². The highest BCUT2D eigenvalue weighted by Crippen LogP contribution is 2.06. The van der Waals surface area contributed by atoms with Crippen LogP contribution in [0.2, 0.25) is 0 Å². The molecule has 0 aliphatic heterocycles. The van der Waals surface area contributed by atoms with Crippen LogP contribution in [0.5, 0.6) is 0 Å². The van der Waals surface area contributed by atoms with Crippen LogP contribution in [0.1, 0.15) is 25.7 Å². The Labute approximate surface area is 98.3 Å². The maximum absolute atomic E-state index is 10.0. The van der Waals surface area contributed by atoms with Crippen LogP contribution in [0.4, 0.5) is 0 Å². The summed E-state index contributed by atoms with van der Waals surface area (Å²) in [6, 6.07) is 0. The van der Waals surface area contributed by atoms with Crippen LogP contribution in [0.25, 0.3) is 0 Å². The first-order valence-corrected chi connectivity index (χ1v) is 4.49. The van der Waals surface area contributed by atoms with E-state index < -0.39 is 0 Å². The van der Waals surface area contributed by atoms with E-state index in [1.807, 2.05) is 0 Å². The lowest BCUT2D eigenvalue weighted by Crippen LogP contribution is -3.00. The Balaban J connectivity index is 0. The van der Waals surface area contributed by atoms with Gasteiger partial charge < -0.3 is 33.3 Å². The van der Waals surface area contributed by atoms with Gasteiger partial charge in [0.25, 0.3) is 0 Å². The molecule has 0 saturated carbocycles. The SMILES string of the molecule is C[N+](C)(C)C(N)CCCCC=O.[I-]. The second kappa shape index (κ2) is 7.70. The maximum atomic E-state index is 10.0. The summed E-state index contributed by atoms with van der Waals surface area (Å²) < 4.78 is 0.793. The number of aldehydes is 1. The van der Waals surface area contributed by atoms with E-state index in [9.17, 15) is 4.79 Å². The zero-order valence-corrected chi connectivity index (χ0v) is 11.0. The Kier molecular flexibility index (Phi) is 9.34. The lowest BCUT2D eigenvalue weighted by molar-refractivity contribution is -0.896. The monoisotopic (exact) mass is 300 g/mol. The molecule has 0 aliphatic carbocycles. The molecule has 1 unspecified atom stereocenters. The molecule has 1 atom stereocenters. The second-order valence-corrected chi connectivity index (χ2v) is 4.13. The van der Waals surface area contributed by atoms with Gasteiger partial charge in [0, 0.05) is 12.8 Å². The van der Waals surface area contributed by atoms with E-state index in [0.717, 1.165) is 30.0 Å². The van der Waals surface area contributed by atoms with Crippen molar-refractivity contribution in [3.05, 3.63) is 0 Å². The van der Waals surface area contributed by atoms with E-state index in [1.54, 1.807) is 0 Å². The maximum Gasteiger partial charge on any atom is 0.139 e. The van der Waals surface area contributed by atoms with E-state index in [2.05, 4.69) is 21.1 Å². The van der Waals surface area contributed by atoms with E-state index in [0.29, 0.717) is 6.42 Å². The molecule has 3 nitrogen and oxygen atoms in total. The normalized spacial score (nSPS) is 13.2. The highest BCUT2D eigenvalue weighted by molar-refractivity contribution is 5.48. The molecule has 0 aromatic rings. The van der Waals surface area contributed by atoms with Crippen molar-refractivity contribution in [3.63, 3.8) is 0 Å². The minimum Gasteiger partial charge on any atom is -1.00 e. The van der Waals surface area contributed by atoms with Crippen LogP contribution in [0.3, 0.4) is 0 Å². The first kappa shape index (κ1) is 15.8. The lowest BCUT2D eigenvalue weighted by atomic mass is 10.1. The van der Waals surface area contributed by atoms with Gasteiger partial charge >= 0.3 is 0 Å². The topological polar surface area (TPSA) is 43.1 Å². The second-order valence-electron chi connectivity index (χ2n) is 4.13. The minimum absolute atomic E-state index is 0. The fourth-order valence-corrected chi connectivity index (χ4v) is 0.968. The molecule has 0 aromatic carbocycles. The zero-order chi connectivity index (χ0) is 9.61. The van der Waals surface area contributed by atoms with Crippen LogP contribution in [0.15, 0.2) is 0 Å². The summed E-state index contributed by atoms with van der Waals surface area (Å²) in [5.41, 5.74) is 5.92. The number of quaternary nitrogens is 1. The number of hydrogen-bond donors (Lipinski definition) is 1. The van der Waals surface area contributed by atoms with Crippen molar-refractivity contribution in [1.82, 2.24) is 0 Å². The number of carbonyl (C=O) groups excluding carboxylic acids is 1. The van der Waals surface area contributed by atoms with E-state index in [-0.39, 0.29) is 30.1 Å². The van der Waals surface area contributed by atoms with Crippen molar-refractivity contribution in [2.75, 3.05) is 21.1 Å². The molecule has 2 N–H and O–H groups in total. The van der Waals surface area contributed by atoms with Gasteiger partial charge in [-0.2, -0.15) is 0 Å². The Morgan fingerprint density at radius 2 is 1.85 bits per heavy atom. The van der Waals surface area contributed by atoms with Gasteiger partial charge in [0.15, 0.2) is 0 Å². The number of carbonyl (C=O) groups is 1. The molecule has 0 aromatic heterocycles. The molecule has 0 amide bonds. The smallest absolute Gasteiger partial charge is 0.139 e. The van der Waals surface area contributed by atoms with Crippen molar-refractivity contribution in [2.24, 2.45) is 5.73 Å². The average molecular weight is 300 g/mol. The molecule has 13 heavy (non-hydrogen) atoms. The molecular formula is C9H21IN2O. The van der Waals surface area contributed by atoms with Crippen LogP contribution in [0, 0.1) is 0 Å². The molecule has 0 bridgehead atoms. The summed E-state index contributed by atoms with van der Waals surface area (Å²) >= 11 is 0. The summed E-state index contributed by atoms with van der Waals surface area (Å²) in [6.45, 7) is 0. The molecule has 80 valence electrons. The Hall–Kier alpha value is 0.320.